The lowest BCUT2D eigenvalue weighted by atomic mass is 10.2. The molecule has 0 radical (unpaired) electrons. The number of ether oxygens (including phenoxy) is 3. The number of rotatable bonds is 3. The molecule has 1 unspecified atom stereocenters. The molecule has 0 bridgehead atoms. The lowest BCUT2D eigenvalue weighted by Gasteiger charge is -2.09. The molecule has 1 aromatic rings. The maximum Gasteiger partial charge on any atom is 0.407 e. The highest BCUT2D eigenvalue weighted by Crippen LogP contribution is 2.32. The number of fused-ring (bicyclic) bond motifs is 1. The quantitative estimate of drug-likeness (QED) is 0.811. The molecule has 0 saturated carbocycles. The second kappa shape index (κ2) is 4.68. The SMILES string of the molecule is O=C1NC(C(=O)NCc2ccc3c(c2)OCO3)CO1. The van der Waals surface area contributed by atoms with Crippen LogP contribution in [0.15, 0.2) is 18.2 Å². The van der Waals surface area contributed by atoms with E-state index in [0.29, 0.717) is 18.0 Å². The van der Waals surface area contributed by atoms with Gasteiger partial charge in [0.2, 0.25) is 12.7 Å². The number of cyclic esters (lactones) is 1. The van der Waals surface area contributed by atoms with E-state index < -0.39 is 12.1 Å². The molecule has 2 aliphatic rings. The standard InChI is InChI=1S/C12H12N2O5/c15-11(8-5-17-12(16)14-8)13-4-7-1-2-9-10(3-7)19-6-18-9/h1-3,8H,4-6H2,(H,13,15)(H,14,16). The molecule has 7 heteroatoms. The smallest absolute Gasteiger partial charge is 0.407 e. The molecule has 100 valence electrons. The predicted molar refractivity (Wildman–Crippen MR) is 62.7 cm³/mol. The molecular formula is C12H12N2O5. The van der Waals surface area contributed by atoms with Crippen molar-refractivity contribution in [1.29, 1.82) is 0 Å². The second-order valence-electron chi connectivity index (χ2n) is 4.20. The molecule has 1 saturated heterocycles. The van der Waals surface area contributed by atoms with Crippen LogP contribution in [0.1, 0.15) is 5.56 Å². The van der Waals surface area contributed by atoms with E-state index in [1.807, 2.05) is 12.1 Å². The van der Waals surface area contributed by atoms with Crippen LogP contribution in [0.3, 0.4) is 0 Å². The zero-order chi connectivity index (χ0) is 13.2. The van der Waals surface area contributed by atoms with Gasteiger partial charge in [0.1, 0.15) is 12.6 Å². The van der Waals surface area contributed by atoms with Gasteiger partial charge in [-0.3, -0.25) is 4.79 Å². The molecule has 2 N–H and O–H groups in total. The van der Waals surface area contributed by atoms with Crippen molar-refractivity contribution in [1.82, 2.24) is 10.6 Å². The van der Waals surface area contributed by atoms with Gasteiger partial charge < -0.3 is 24.8 Å². The van der Waals surface area contributed by atoms with Crippen LogP contribution in [0.5, 0.6) is 11.5 Å². The molecule has 3 rings (SSSR count). The Morgan fingerprint density at radius 3 is 2.95 bits per heavy atom. The summed E-state index contributed by atoms with van der Waals surface area (Å²) in [4.78, 5) is 22.6. The van der Waals surface area contributed by atoms with E-state index in [2.05, 4.69) is 15.4 Å². The number of carbonyl (C=O) groups excluding carboxylic acids is 2. The fourth-order valence-electron chi connectivity index (χ4n) is 1.89. The summed E-state index contributed by atoms with van der Waals surface area (Å²) in [7, 11) is 0. The van der Waals surface area contributed by atoms with Gasteiger partial charge in [-0.2, -0.15) is 0 Å². The molecule has 2 heterocycles. The van der Waals surface area contributed by atoms with Crippen LogP contribution in [0, 0.1) is 0 Å². The maximum absolute atomic E-state index is 11.7. The number of alkyl carbamates (subject to hydrolysis) is 1. The third kappa shape index (κ3) is 2.40. The van der Waals surface area contributed by atoms with Gasteiger partial charge in [0.05, 0.1) is 0 Å². The first kappa shape index (κ1) is 11.6. The fourth-order valence-corrected chi connectivity index (χ4v) is 1.89. The predicted octanol–water partition coefficient (Wildman–Crippen LogP) is 0.140. The number of hydrogen-bond acceptors (Lipinski definition) is 5. The Morgan fingerprint density at radius 2 is 2.16 bits per heavy atom. The average Bonchev–Trinajstić information content (AvgIpc) is 3.03. The van der Waals surface area contributed by atoms with Crippen molar-refractivity contribution in [3.8, 4) is 11.5 Å². The van der Waals surface area contributed by atoms with Crippen molar-refractivity contribution in [2.75, 3.05) is 13.4 Å². The van der Waals surface area contributed by atoms with Gasteiger partial charge in [-0.15, -0.1) is 0 Å². The number of carbonyl (C=O) groups is 2. The molecular weight excluding hydrogens is 252 g/mol. The van der Waals surface area contributed by atoms with E-state index in [4.69, 9.17) is 9.47 Å². The van der Waals surface area contributed by atoms with E-state index >= 15 is 0 Å². The first-order valence-electron chi connectivity index (χ1n) is 5.82. The van der Waals surface area contributed by atoms with Crippen molar-refractivity contribution < 1.29 is 23.8 Å². The van der Waals surface area contributed by atoms with Crippen LogP contribution in [-0.2, 0) is 16.1 Å². The fraction of sp³-hybridized carbons (Fsp3) is 0.333. The molecule has 1 fully saturated rings. The zero-order valence-corrected chi connectivity index (χ0v) is 9.97. The lowest BCUT2D eigenvalue weighted by molar-refractivity contribution is -0.123. The summed E-state index contributed by atoms with van der Waals surface area (Å²) < 4.78 is 15.1. The van der Waals surface area contributed by atoms with Crippen LogP contribution in [0.4, 0.5) is 4.79 Å². The van der Waals surface area contributed by atoms with Crippen LogP contribution in [0.2, 0.25) is 0 Å². The van der Waals surface area contributed by atoms with Gasteiger partial charge in [-0.05, 0) is 17.7 Å². The third-order valence-electron chi connectivity index (χ3n) is 2.89. The summed E-state index contributed by atoms with van der Waals surface area (Å²) in [6.45, 7) is 0.629. The van der Waals surface area contributed by atoms with Crippen LogP contribution < -0.4 is 20.1 Å². The van der Waals surface area contributed by atoms with Gasteiger partial charge in [-0.25, -0.2) is 4.79 Å². The minimum atomic E-state index is -0.624. The van der Waals surface area contributed by atoms with Crippen LogP contribution in [-0.4, -0.2) is 31.4 Å². The maximum atomic E-state index is 11.7. The summed E-state index contributed by atoms with van der Waals surface area (Å²) in [6, 6.07) is 4.83. The molecule has 2 aliphatic heterocycles. The lowest BCUT2D eigenvalue weighted by Crippen LogP contribution is -2.42. The highest BCUT2D eigenvalue weighted by Gasteiger charge is 2.28. The number of benzene rings is 1. The highest BCUT2D eigenvalue weighted by molar-refractivity contribution is 5.87. The summed E-state index contributed by atoms with van der Waals surface area (Å²) >= 11 is 0. The molecule has 1 aromatic carbocycles. The van der Waals surface area contributed by atoms with E-state index in [1.54, 1.807) is 6.07 Å². The highest BCUT2D eigenvalue weighted by atomic mass is 16.7. The first-order chi connectivity index (χ1) is 9.22. The van der Waals surface area contributed by atoms with E-state index in [0.717, 1.165) is 5.56 Å². The Kier molecular flexibility index (Phi) is 2.86. The summed E-state index contributed by atoms with van der Waals surface area (Å²) in [5, 5.41) is 5.14. The van der Waals surface area contributed by atoms with E-state index in [1.165, 1.54) is 0 Å². The Hall–Kier alpha value is -2.44. The number of amides is 2. The largest absolute Gasteiger partial charge is 0.454 e. The Labute approximate surface area is 108 Å². The Balaban J connectivity index is 1.57. The Morgan fingerprint density at radius 1 is 1.32 bits per heavy atom. The van der Waals surface area contributed by atoms with Crippen LogP contribution >= 0.6 is 0 Å². The summed E-state index contributed by atoms with van der Waals surface area (Å²) in [5.41, 5.74) is 0.892. The van der Waals surface area contributed by atoms with Gasteiger partial charge >= 0.3 is 6.09 Å². The van der Waals surface area contributed by atoms with Gasteiger partial charge in [0, 0.05) is 6.54 Å². The number of hydrogen-bond donors (Lipinski definition) is 2. The molecule has 0 spiro atoms. The van der Waals surface area contributed by atoms with Crippen molar-refractivity contribution in [2.45, 2.75) is 12.6 Å². The first-order valence-corrected chi connectivity index (χ1v) is 5.82. The molecule has 2 amide bonds. The monoisotopic (exact) mass is 264 g/mol. The molecule has 7 nitrogen and oxygen atoms in total. The van der Waals surface area contributed by atoms with Gasteiger partial charge in [0.15, 0.2) is 11.5 Å². The van der Waals surface area contributed by atoms with Crippen molar-refractivity contribution in [3.63, 3.8) is 0 Å². The van der Waals surface area contributed by atoms with Gasteiger partial charge in [-0.1, -0.05) is 6.07 Å². The van der Waals surface area contributed by atoms with Crippen LogP contribution in [0.25, 0.3) is 0 Å². The number of nitrogens with one attached hydrogen (secondary N) is 2. The minimum absolute atomic E-state index is 0.0613. The molecule has 0 aliphatic carbocycles. The second-order valence-corrected chi connectivity index (χ2v) is 4.20. The van der Waals surface area contributed by atoms with Crippen molar-refractivity contribution >= 4 is 12.0 Å². The minimum Gasteiger partial charge on any atom is -0.454 e. The van der Waals surface area contributed by atoms with Crippen molar-refractivity contribution in [3.05, 3.63) is 23.8 Å². The van der Waals surface area contributed by atoms with E-state index in [-0.39, 0.29) is 19.3 Å². The third-order valence-corrected chi connectivity index (χ3v) is 2.89. The molecule has 0 aromatic heterocycles. The average molecular weight is 264 g/mol. The summed E-state index contributed by atoms with van der Waals surface area (Å²) in [6.07, 6.45) is -0.566. The zero-order valence-electron chi connectivity index (χ0n) is 9.97. The van der Waals surface area contributed by atoms with E-state index in [9.17, 15) is 9.59 Å². The molecule has 19 heavy (non-hydrogen) atoms. The molecule has 1 atom stereocenters. The van der Waals surface area contributed by atoms with Gasteiger partial charge in [0.25, 0.3) is 0 Å². The van der Waals surface area contributed by atoms with Crippen molar-refractivity contribution in [2.24, 2.45) is 0 Å². The topological polar surface area (TPSA) is 85.9 Å². The Bertz CT molecular complexity index is 531. The normalized spacial score (nSPS) is 19.8. The summed E-state index contributed by atoms with van der Waals surface area (Å²) in [5.74, 6) is 1.10.